The van der Waals surface area contributed by atoms with E-state index in [4.69, 9.17) is 27.9 Å². The van der Waals surface area contributed by atoms with E-state index in [1.54, 1.807) is 6.07 Å². The van der Waals surface area contributed by atoms with Gasteiger partial charge in [0.25, 0.3) is 5.91 Å². The highest BCUT2D eigenvalue weighted by Crippen LogP contribution is 2.25. The van der Waals surface area contributed by atoms with Gasteiger partial charge in [-0.3, -0.25) is 4.79 Å². The number of ether oxygens (including phenoxy) is 1. The molecule has 0 unspecified atom stereocenters. The van der Waals surface area contributed by atoms with E-state index in [2.05, 4.69) is 10.0 Å². The van der Waals surface area contributed by atoms with Crippen molar-refractivity contribution in [1.82, 2.24) is 4.72 Å². The molecule has 7 nitrogen and oxygen atoms in total. The van der Waals surface area contributed by atoms with Gasteiger partial charge in [0.15, 0.2) is 6.10 Å². The van der Waals surface area contributed by atoms with Gasteiger partial charge in [-0.2, -0.15) is 0 Å². The summed E-state index contributed by atoms with van der Waals surface area (Å²) >= 11 is 11.8. The summed E-state index contributed by atoms with van der Waals surface area (Å²) in [7, 11) is -2.45. The molecule has 0 aliphatic carbocycles. The van der Waals surface area contributed by atoms with E-state index >= 15 is 0 Å². The third-order valence-corrected chi connectivity index (χ3v) is 5.45. The highest BCUT2D eigenvalue weighted by molar-refractivity contribution is 7.89. The first kappa shape index (κ1) is 21.2. The molecule has 2 aromatic carbocycles. The monoisotopic (exact) mass is 430 g/mol. The standard InChI is InChI=1S/C17H16Cl2N2O5S/c1-10(16(22)21-15-7-6-12(18)9-14(15)19)26-17(23)11-4-3-5-13(8-11)27(24,25)20-2/h3-10,20H,1-2H3,(H,21,22)/t10-/m1/s1. The van der Waals surface area contributed by atoms with Crippen molar-refractivity contribution in [3.05, 3.63) is 58.1 Å². The van der Waals surface area contributed by atoms with Gasteiger partial charge in [0, 0.05) is 5.02 Å². The Hall–Kier alpha value is -2.13. The summed E-state index contributed by atoms with van der Waals surface area (Å²) in [5.41, 5.74) is 0.312. The molecule has 0 aliphatic heterocycles. The van der Waals surface area contributed by atoms with Crippen molar-refractivity contribution >= 4 is 50.8 Å². The second-order valence-corrected chi connectivity index (χ2v) is 8.13. The third-order valence-electron chi connectivity index (χ3n) is 3.49. The van der Waals surface area contributed by atoms with Gasteiger partial charge in [-0.1, -0.05) is 29.3 Å². The lowest BCUT2D eigenvalue weighted by molar-refractivity contribution is -0.123. The Kier molecular flexibility index (Phi) is 6.83. The molecule has 1 atom stereocenters. The van der Waals surface area contributed by atoms with Crippen LogP contribution in [0.1, 0.15) is 17.3 Å². The molecule has 0 heterocycles. The van der Waals surface area contributed by atoms with Crippen LogP contribution in [0.15, 0.2) is 47.4 Å². The number of carbonyl (C=O) groups excluding carboxylic acids is 2. The summed E-state index contributed by atoms with van der Waals surface area (Å²) in [5, 5.41) is 3.17. The summed E-state index contributed by atoms with van der Waals surface area (Å²) in [5.74, 6) is -1.44. The minimum absolute atomic E-state index is 0.00417. The number of benzene rings is 2. The van der Waals surface area contributed by atoms with E-state index in [-0.39, 0.29) is 15.5 Å². The minimum atomic E-state index is -3.71. The average Bonchev–Trinajstić information content (AvgIpc) is 2.63. The topological polar surface area (TPSA) is 102 Å². The molecule has 0 radical (unpaired) electrons. The second-order valence-electron chi connectivity index (χ2n) is 5.40. The van der Waals surface area contributed by atoms with Crippen molar-refractivity contribution in [2.45, 2.75) is 17.9 Å². The summed E-state index contributed by atoms with van der Waals surface area (Å²) in [4.78, 5) is 24.3. The predicted molar refractivity (Wildman–Crippen MR) is 103 cm³/mol. The molecule has 1 amide bonds. The van der Waals surface area contributed by atoms with Crippen LogP contribution in [0, 0.1) is 0 Å². The zero-order chi connectivity index (χ0) is 20.2. The van der Waals surface area contributed by atoms with Gasteiger partial charge in [0.1, 0.15) is 0 Å². The highest BCUT2D eigenvalue weighted by atomic mass is 35.5. The van der Waals surface area contributed by atoms with Crippen molar-refractivity contribution in [1.29, 1.82) is 0 Å². The summed E-state index contributed by atoms with van der Waals surface area (Å²) in [6.07, 6.45) is -1.14. The van der Waals surface area contributed by atoms with E-state index in [0.29, 0.717) is 10.7 Å². The van der Waals surface area contributed by atoms with Gasteiger partial charge >= 0.3 is 5.97 Å². The number of rotatable bonds is 6. The van der Waals surface area contributed by atoms with E-state index in [1.165, 1.54) is 44.3 Å². The van der Waals surface area contributed by atoms with Gasteiger partial charge in [0.05, 0.1) is 21.2 Å². The maximum Gasteiger partial charge on any atom is 0.338 e. The lowest BCUT2D eigenvalue weighted by atomic mass is 10.2. The van der Waals surface area contributed by atoms with Crippen LogP contribution in [-0.4, -0.2) is 33.4 Å². The molecule has 2 aromatic rings. The first-order chi connectivity index (χ1) is 12.6. The maximum atomic E-state index is 12.2. The number of hydrogen-bond donors (Lipinski definition) is 2. The van der Waals surface area contributed by atoms with Gasteiger partial charge in [0.2, 0.25) is 10.0 Å². The Morgan fingerprint density at radius 2 is 1.81 bits per heavy atom. The molecular formula is C17H16Cl2N2O5S. The van der Waals surface area contributed by atoms with E-state index < -0.39 is 28.0 Å². The quantitative estimate of drug-likeness (QED) is 0.685. The molecule has 27 heavy (non-hydrogen) atoms. The van der Waals surface area contributed by atoms with Gasteiger partial charge < -0.3 is 10.1 Å². The molecule has 2 rings (SSSR count). The lowest BCUT2D eigenvalue weighted by Crippen LogP contribution is -2.30. The van der Waals surface area contributed by atoms with Crippen molar-refractivity contribution in [3.63, 3.8) is 0 Å². The van der Waals surface area contributed by atoms with Crippen molar-refractivity contribution in [2.24, 2.45) is 0 Å². The zero-order valence-corrected chi connectivity index (χ0v) is 16.7. The SMILES string of the molecule is CNS(=O)(=O)c1cccc(C(=O)O[C@H](C)C(=O)Nc2ccc(Cl)cc2Cl)c1. The van der Waals surface area contributed by atoms with Gasteiger partial charge in [-0.25, -0.2) is 17.9 Å². The molecule has 0 bridgehead atoms. The molecule has 0 fully saturated rings. The zero-order valence-electron chi connectivity index (χ0n) is 14.3. The van der Waals surface area contributed by atoms with Crippen molar-refractivity contribution < 1.29 is 22.7 Å². The minimum Gasteiger partial charge on any atom is -0.449 e. The maximum absolute atomic E-state index is 12.2. The van der Waals surface area contributed by atoms with Gasteiger partial charge in [-0.15, -0.1) is 0 Å². The Morgan fingerprint density at radius 3 is 2.44 bits per heavy atom. The average molecular weight is 431 g/mol. The van der Waals surface area contributed by atoms with E-state index in [1.807, 2.05) is 0 Å². The van der Waals surface area contributed by atoms with Crippen LogP contribution in [0.5, 0.6) is 0 Å². The highest BCUT2D eigenvalue weighted by Gasteiger charge is 2.21. The van der Waals surface area contributed by atoms with E-state index in [0.717, 1.165) is 6.07 Å². The number of sulfonamides is 1. The molecule has 0 saturated heterocycles. The van der Waals surface area contributed by atoms with Crippen LogP contribution in [0.3, 0.4) is 0 Å². The Balaban J connectivity index is 2.09. The van der Waals surface area contributed by atoms with Crippen molar-refractivity contribution in [3.8, 4) is 0 Å². The predicted octanol–water partition coefficient (Wildman–Crippen LogP) is 3.09. The van der Waals surface area contributed by atoms with E-state index in [9.17, 15) is 18.0 Å². The van der Waals surface area contributed by atoms with Crippen LogP contribution in [0.4, 0.5) is 5.69 Å². The first-order valence-corrected chi connectivity index (χ1v) is 9.88. The Labute approximate surface area is 166 Å². The normalized spacial score (nSPS) is 12.3. The summed E-state index contributed by atoms with van der Waals surface area (Å²) in [6.45, 7) is 1.38. The number of esters is 1. The first-order valence-electron chi connectivity index (χ1n) is 7.64. The number of nitrogens with one attached hydrogen (secondary N) is 2. The summed E-state index contributed by atoms with van der Waals surface area (Å²) < 4.78 is 30.9. The van der Waals surface area contributed by atoms with Crippen LogP contribution >= 0.6 is 23.2 Å². The molecule has 0 spiro atoms. The number of carbonyl (C=O) groups is 2. The summed E-state index contributed by atoms with van der Waals surface area (Å²) in [6, 6.07) is 9.81. The molecule has 2 N–H and O–H groups in total. The van der Waals surface area contributed by atoms with Gasteiger partial charge in [-0.05, 0) is 50.4 Å². The largest absolute Gasteiger partial charge is 0.449 e. The molecule has 10 heteroatoms. The molecule has 0 saturated carbocycles. The fourth-order valence-corrected chi connectivity index (χ4v) is 3.25. The lowest BCUT2D eigenvalue weighted by Gasteiger charge is -2.14. The number of halogens is 2. The van der Waals surface area contributed by atoms with Crippen LogP contribution in [0.25, 0.3) is 0 Å². The Morgan fingerprint density at radius 1 is 1.11 bits per heavy atom. The number of hydrogen-bond acceptors (Lipinski definition) is 5. The number of anilines is 1. The second kappa shape index (κ2) is 8.71. The van der Waals surface area contributed by atoms with Crippen LogP contribution in [0.2, 0.25) is 10.0 Å². The van der Waals surface area contributed by atoms with Crippen LogP contribution < -0.4 is 10.0 Å². The van der Waals surface area contributed by atoms with Crippen molar-refractivity contribution in [2.75, 3.05) is 12.4 Å². The fourth-order valence-electron chi connectivity index (χ4n) is 2.02. The van der Waals surface area contributed by atoms with Crippen LogP contribution in [-0.2, 0) is 19.6 Å². The smallest absolute Gasteiger partial charge is 0.338 e. The fraction of sp³-hybridized carbons (Fsp3) is 0.176. The Bertz CT molecular complexity index is 979. The molecule has 144 valence electrons. The molecule has 0 aromatic heterocycles. The molecular weight excluding hydrogens is 415 g/mol. The third kappa shape index (κ3) is 5.43. The number of amides is 1. The molecule has 0 aliphatic rings.